The Bertz CT molecular complexity index is 1020. The Morgan fingerprint density at radius 2 is 1.83 bits per heavy atom. The van der Waals surface area contributed by atoms with Gasteiger partial charge in [0, 0.05) is 0 Å². The van der Waals surface area contributed by atoms with Crippen LogP contribution in [0.4, 0.5) is 0 Å². The van der Waals surface area contributed by atoms with Crippen LogP contribution in [0.5, 0.6) is 5.75 Å². The summed E-state index contributed by atoms with van der Waals surface area (Å²) < 4.78 is 0.260. The zero-order valence-electron chi connectivity index (χ0n) is 15.3. The summed E-state index contributed by atoms with van der Waals surface area (Å²) in [5.41, 5.74) is 6.39. The third-order valence-corrected chi connectivity index (χ3v) is 5.39. The van der Waals surface area contributed by atoms with Gasteiger partial charge in [-0.2, -0.15) is 0 Å². The zero-order valence-corrected chi connectivity index (χ0v) is 17.0. The van der Waals surface area contributed by atoms with E-state index in [-0.39, 0.29) is 28.1 Å². The summed E-state index contributed by atoms with van der Waals surface area (Å²) in [6.07, 6.45) is 1.72. The third-order valence-electron chi connectivity index (χ3n) is 4.01. The average molecular weight is 428 g/mol. The molecule has 29 heavy (non-hydrogen) atoms. The predicted molar refractivity (Wildman–Crippen MR) is 115 cm³/mol. The first-order chi connectivity index (χ1) is 13.8. The summed E-state index contributed by atoms with van der Waals surface area (Å²) in [5, 5.41) is 9.66. The number of phenols is 1. The van der Waals surface area contributed by atoms with Crippen molar-refractivity contribution >= 4 is 52.1 Å². The van der Waals surface area contributed by atoms with Gasteiger partial charge in [-0.1, -0.05) is 65.9 Å². The van der Waals surface area contributed by atoms with E-state index in [9.17, 15) is 19.5 Å². The number of carbonyl (C=O) groups is 3. The van der Waals surface area contributed by atoms with Gasteiger partial charge in [-0.15, -0.1) is 0 Å². The van der Waals surface area contributed by atoms with Crippen molar-refractivity contribution in [1.29, 1.82) is 0 Å². The predicted octanol–water partition coefficient (Wildman–Crippen LogP) is 2.36. The molecule has 9 heteroatoms. The smallest absolute Gasteiger partial charge is 0.273 e. The van der Waals surface area contributed by atoms with E-state index in [1.165, 1.54) is 17.0 Å². The van der Waals surface area contributed by atoms with Crippen LogP contribution in [0, 0.1) is 6.92 Å². The minimum Gasteiger partial charge on any atom is -0.507 e. The number of thioether (sulfide) groups is 1. The number of rotatable bonds is 4. The van der Waals surface area contributed by atoms with Crippen molar-refractivity contribution in [2.75, 3.05) is 6.54 Å². The Balaban J connectivity index is 1.59. The molecule has 1 aliphatic rings. The van der Waals surface area contributed by atoms with Crippen molar-refractivity contribution < 1.29 is 19.5 Å². The first-order valence-corrected chi connectivity index (χ1v) is 9.77. The highest BCUT2D eigenvalue weighted by Crippen LogP contribution is 2.32. The van der Waals surface area contributed by atoms with Gasteiger partial charge in [-0.3, -0.25) is 30.1 Å². The molecule has 2 aromatic carbocycles. The van der Waals surface area contributed by atoms with Crippen molar-refractivity contribution in [3.8, 4) is 5.75 Å². The number of phenolic OH excluding ortho intramolecular Hbond substituents is 1. The molecule has 3 rings (SSSR count). The lowest BCUT2D eigenvalue weighted by atomic mass is 10.1. The highest BCUT2D eigenvalue weighted by Gasteiger charge is 2.33. The molecule has 0 radical (unpaired) electrons. The van der Waals surface area contributed by atoms with E-state index < -0.39 is 11.8 Å². The molecule has 0 unspecified atom stereocenters. The van der Waals surface area contributed by atoms with Crippen LogP contribution in [0.1, 0.15) is 21.5 Å². The lowest BCUT2D eigenvalue weighted by molar-refractivity contribution is -0.129. The topological polar surface area (TPSA) is 98.7 Å². The molecular formula is C20H17N3O4S2. The molecule has 0 atom stereocenters. The molecule has 148 valence electrons. The molecule has 1 fully saturated rings. The van der Waals surface area contributed by atoms with Gasteiger partial charge in [0.05, 0.1) is 10.5 Å². The molecule has 2 aromatic rings. The number of nitrogens with one attached hydrogen (secondary N) is 2. The number of carbonyl (C=O) groups excluding carboxylic acids is 3. The van der Waals surface area contributed by atoms with Crippen LogP contribution in [0.2, 0.25) is 0 Å². The van der Waals surface area contributed by atoms with Gasteiger partial charge in [0.2, 0.25) is 0 Å². The molecule has 1 heterocycles. The number of hydrogen-bond donors (Lipinski definition) is 3. The fraction of sp³-hybridized carbons (Fsp3) is 0.100. The van der Waals surface area contributed by atoms with Crippen molar-refractivity contribution in [3.05, 3.63) is 70.1 Å². The summed E-state index contributed by atoms with van der Waals surface area (Å²) in [7, 11) is 0. The number of nitrogens with zero attached hydrogens (tertiary/aromatic N) is 1. The quantitative estimate of drug-likeness (QED) is 0.394. The van der Waals surface area contributed by atoms with Gasteiger partial charge in [0.15, 0.2) is 0 Å². The second-order valence-corrected chi connectivity index (χ2v) is 7.87. The first-order valence-electron chi connectivity index (χ1n) is 8.54. The minimum absolute atomic E-state index is 0.0134. The number of benzene rings is 2. The molecule has 0 aliphatic carbocycles. The van der Waals surface area contributed by atoms with E-state index >= 15 is 0 Å². The van der Waals surface area contributed by atoms with Gasteiger partial charge in [0.25, 0.3) is 17.7 Å². The van der Waals surface area contributed by atoms with E-state index in [4.69, 9.17) is 12.2 Å². The van der Waals surface area contributed by atoms with Crippen LogP contribution in [0.15, 0.2) is 53.4 Å². The van der Waals surface area contributed by atoms with Gasteiger partial charge in [-0.05, 0) is 30.7 Å². The fourth-order valence-corrected chi connectivity index (χ4v) is 3.75. The zero-order chi connectivity index (χ0) is 21.0. The highest BCUT2D eigenvalue weighted by atomic mass is 32.2. The molecule has 0 aromatic heterocycles. The van der Waals surface area contributed by atoms with Crippen molar-refractivity contribution in [2.24, 2.45) is 0 Å². The highest BCUT2D eigenvalue weighted by molar-refractivity contribution is 8.26. The first kappa shape index (κ1) is 20.6. The average Bonchev–Trinajstić information content (AvgIpc) is 2.95. The van der Waals surface area contributed by atoms with Gasteiger partial charge in [0.1, 0.15) is 16.6 Å². The van der Waals surface area contributed by atoms with E-state index in [1.54, 1.807) is 18.2 Å². The van der Waals surface area contributed by atoms with E-state index in [0.717, 1.165) is 22.9 Å². The van der Waals surface area contributed by atoms with Crippen LogP contribution in [0.3, 0.4) is 0 Å². The fourth-order valence-electron chi connectivity index (χ4n) is 2.49. The number of hydrazine groups is 1. The molecule has 1 aliphatic heterocycles. The van der Waals surface area contributed by atoms with E-state index in [2.05, 4.69) is 10.9 Å². The number of para-hydroxylation sites is 1. The Morgan fingerprint density at radius 1 is 1.14 bits per heavy atom. The van der Waals surface area contributed by atoms with Crippen LogP contribution in [-0.2, 0) is 9.59 Å². The maximum absolute atomic E-state index is 12.6. The molecule has 3 amide bonds. The lowest BCUT2D eigenvalue weighted by Gasteiger charge is -2.14. The maximum atomic E-state index is 12.6. The molecule has 3 N–H and O–H groups in total. The summed E-state index contributed by atoms with van der Waals surface area (Å²) >= 11 is 6.32. The summed E-state index contributed by atoms with van der Waals surface area (Å²) in [6.45, 7) is 1.64. The number of hydrogen-bond acceptors (Lipinski definition) is 6. The van der Waals surface area contributed by atoms with Crippen LogP contribution in [0.25, 0.3) is 6.08 Å². The minimum atomic E-state index is -0.680. The van der Waals surface area contributed by atoms with Crippen LogP contribution >= 0.6 is 24.0 Å². The van der Waals surface area contributed by atoms with E-state index in [1.807, 2.05) is 31.2 Å². The van der Waals surface area contributed by atoms with Crippen LogP contribution in [-0.4, -0.2) is 38.6 Å². The lowest BCUT2D eigenvalue weighted by Crippen LogP contribution is -2.47. The van der Waals surface area contributed by atoms with Crippen molar-refractivity contribution in [1.82, 2.24) is 15.8 Å². The molecule has 0 bridgehead atoms. The van der Waals surface area contributed by atoms with Gasteiger partial charge >= 0.3 is 0 Å². The molecule has 1 saturated heterocycles. The monoisotopic (exact) mass is 427 g/mol. The molecular weight excluding hydrogens is 410 g/mol. The molecule has 0 spiro atoms. The molecule has 7 nitrogen and oxygen atoms in total. The van der Waals surface area contributed by atoms with E-state index in [0.29, 0.717) is 4.91 Å². The number of amides is 3. The standard InChI is InChI=1S/C20H17N3O4S2/c1-12-6-8-13(9-7-12)10-16-19(27)23(20(28)29-16)11-17(25)21-22-18(26)14-4-2-3-5-15(14)24/h2-10,24H,11H2,1H3,(H,21,25)(H,22,26)/b16-10-. The summed E-state index contributed by atoms with van der Waals surface area (Å²) in [6, 6.07) is 13.6. The third kappa shape index (κ3) is 5.01. The number of aryl methyl sites for hydroxylation is 1. The Labute approximate surface area is 176 Å². The SMILES string of the molecule is Cc1ccc(/C=C2\SC(=S)N(CC(=O)NNC(=O)c3ccccc3O)C2=O)cc1. The number of thiocarbonyl (C=S) groups is 1. The maximum Gasteiger partial charge on any atom is 0.273 e. The number of aromatic hydroxyl groups is 1. The normalized spacial score (nSPS) is 14.9. The van der Waals surface area contributed by atoms with Gasteiger partial charge in [-0.25, -0.2) is 0 Å². The molecule has 0 saturated carbocycles. The van der Waals surface area contributed by atoms with Crippen molar-refractivity contribution in [3.63, 3.8) is 0 Å². The Morgan fingerprint density at radius 3 is 2.52 bits per heavy atom. The van der Waals surface area contributed by atoms with Gasteiger partial charge < -0.3 is 5.11 Å². The Kier molecular flexibility index (Phi) is 6.30. The summed E-state index contributed by atoms with van der Waals surface area (Å²) in [4.78, 5) is 38.3. The second kappa shape index (κ2) is 8.89. The van der Waals surface area contributed by atoms with Crippen molar-refractivity contribution in [2.45, 2.75) is 6.92 Å². The Hall–Kier alpha value is -3.17. The summed E-state index contributed by atoms with van der Waals surface area (Å²) in [5.74, 6) is -1.89. The van der Waals surface area contributed by atoms with Crippen LogP contribution < -0.4 is 10.9 Å². The largest absolute Gasteiger partial charge is 0.507 e. The second-order valence-electron chi connectivity index (χ2n) is 6.20.